The zero-order valence-corrected chi connectivity index (χ0v) is 20.3. The molecule has 0 bridgehead atoms. The largest absolute Gasteiger partial charge is 0.591 e. The summed E-state index contributed by atoms with van der Waals surface area (Å²) in [7, 11) is 0. The van der Waals surface area contributed by atoms with Gasteiger partial charge in [0.25, 0.3) is 0 Å². The highest BCUT2D eigenvalue weighted by Crippen LogP contribution is 2.34. The number of aryl methyl sites for hydroxylation is 1. The molecule has 1 aliphatic rings. The molecule has 0 N–H and O–H groups in total. The molecule has 1 aromatic heterocycles. The van der Waals surface area contributed by atoms with E-state index in [1.165, 1.54) is 0 Å². The molecular weight excluding hydrogens is 396 g/mol. The van der Waals surface area contributed by atoms with Crippen LogP contribution >= 0.6 is 0 Å². The van der Waals surface area contributed by atoms with E-state index in [2.05, 4.69) is 23.1 Å². The van der Waals surface area contributed by atoms with Crippen LogP contribution in [0.15, 0.2) is 25.7 Å². The third-order valence-corrected chi connectivity index (χ3v) is 7.36. The van der Waals surface area contributed by atoms with Gasteiger partial charge in [0.1, 0.15) is 21.7 Å². The van der Waals surface area contributed by atoms with Gasteiger partial charge in [-0.2, -0.15) is 0 Å². The maximum Gasteiger partial charge on any atom is 0.202 e. The van der Waals surface area contributed by atoms with Gasteiger partial charge in [-0.15, -0.1) is 0 Å². The Morgan fingerprint density at radius 3 is 2.37 bits per heavy atom. The van der Waals surface area contributed by atoms with E-state index in [0.29, 0.717) is 33.5 Å². The lowest BCUT2D eigenvalue weighted by molar-refractivity contribution is 0.274. The van der Waals surface area contributed by atoms with Crippen LogP contribution in [-0.4, -0.2) is 28.1 Å². The Kier molecular flexibility index (Phi) is 6.14. The van der Waals surface area contributed by atoms with Crippen molar-refractivity contribution in [2.45, 2.75) is 73.0 Å². The van der Waals surface area contributed by atoms with Crippen LogP contribution in [0.1, 0.15) is 71.1 Å². The number of hydrogen-bond acceptors (Lipinski definition) is 5. The number of hydrogen-bond donors (Lipinski definition) is 0. The quantitative estimate of drug-likeness (QED) is 0.489. The summed E-state index contributed by atoms with van der Waals surface area (Å²) in [5.41, 5.74) is 3.78. The topological polar surface area (TPSA) is 68.9 Å². The fourth-order valence-electron chi connectivity index (χ4n) is 3.72. The Labute approximate surface area is 182 Å². The molecule has 0 aliphatic carbocycles. The van der Waals surface area contributed by atoms with Crippen molar-refractivity contribution in [1.29, 1.82) is 0 Å². The summed E-state index contributed by atoms with van der Waals surface area (Å²) in [6, 6.07) is 3.83. The van der Waals surface area contributed by atoms with Crippen molar-refractivity contribution < 1.29 is 8.97 Å². The molecule has 0 radical (unpaired) electrons. The van der Waals surface area contributed by atoms with Crippen LogP contribution in [0.5, 0.6) is 0 Å². The molecule has 0 spiro atoms. The molecular formula is C24H34N2O3S. The molecule has 1 saturated heterocycles. The summed E-state index contributed by atoms with van der Waals surface area (Å²) >= 11 is -1.39. The van der Waals surface area contributed by atoms with E-state index < -0.39 is 16.1 Å². The van der Waals surface area contributed by atoms with Crippen LogP contribution in [0.3, 0.4) is 0 Å². The standard InChI is InChI=1S/C24H34N2O3S/c1-15-13-18(17(3)25-30(28)23(4,5)6)21-19(14-15)20(27)16(2)22(29-21)26-11-9-24(7,8)10-12-26/h13-14H,9-12H2,1-8H3/b25-17-/t30-/m0/s1. The van der Waals surface area contributed by atoms with Gasteiger partial charge in [0.15, 0.2) is 5.43 Å². The first-order valence-corrected chi connectivity index (χ1v) is 11.7. The molecule has 2 aromatic rings. The zero-order valence-electron chi connectivity index (χ0n) is 19.5. The molecule has 1 aliphatic heterocycles. The minimum atomic E-state index is -1.39. The number of nitrogens with zero attached hydrogens (tertiary/aromatic N) is 2. The molecule has 0 unspecified atom stereocenters. The van der Waals surface area contributed by atoms with Crippen LogP contribution in [-0.2, 0) is 11.4 Å². The maximum atomic E-state index is 13.2. The smallest absolute Gasteiger partial charge is 0.202 e. The number of anilines is 1. The van der Waals surface area contributed by atoms with E-state index in [1.807, 2.05) is 53.7 Å². The molecule has 0 amide bonds. The van der Waals surface area contributed by atoms with Crippen LogP contribution in [0.25, 0.3) is 11.0 Å². The molecule has 6 heteroatoms. The van der Waals surface area contributed by atoms with Gasteiger partial charge < -0.3 is 13.9 Å². The predicted octanol–water partition coefficient (Wildman–Crippen LogP) is 5.31. The van der Waals surface area contributed by atoms with Crippen molar-refractivity contribution >= 4 is 33.9 Å². The summed E-state index contributed by atoms with van der Waals surface area (Å²) in [6.07, 6.45) is 2.11. The number of piperidine rings is 1. The second-order valence-electron chi connectivity index (χ2n) is 10.2. The molecule has 5 nitrogen and oxygen atoms in total. The highest BCUT2D eigenvalue weighted by molar-refractivity contribution is 7.91. The summed E-state index contributed by atoms with van der Waals surface area (Å²) in [6.45, 7) is 17.6. The van der Waals surface area contributed by atoms with Gasteiger partial charge in [0.2, 0.25) is 5.88 Å². The summed E-state index contributed by atoms with van der Waals surface area (Å²) in [5.74, 6) is 0.651. The van der Waals surface area contributed by atoms with Gasteiger partial charge in [-0.05, 0) is 77.5 Å². The molecule has 1 atom stereocenters. The Bertz CT molecular complexity index is 1040. The van der Waals surface area contributed by atoms with Crippen molar-refractivity contribution in [3.05, 3.63) is 39.0 Å². The van der Waals surface area contributed by atoms with Gasteiger partial charge in [-0.25, -0.2) is 0 Å². The van der Waals surface area contributed by atoms with E-state index >= 15 is 0 Å². The maximum absolute atomic E-state index is 13.2. The Morgan fingerprint density at radius 1 is 1.20 bits per heavy atom. The van der Waals surface area contributed by atoms with Gasteiger partial charge in [-0.3, -0.25) is 4.79 Å². The highest BCUT2D eigenvalue weighted by atomic mass is 32.2. The van der Waals surface area contributed by atoms with Crippen molar-refractivity contribution in [3.63, 3.8) is 0 Å². The van der Waals surface area contributed by atoms with Gasteiger partial charge in [-0.1, -0.05) is 18.2 Å². The van der Waals surface area contributed by atoms with Crippen molar-refractivity contribution in [2.24, 2.45) is 9.81 Å². The molecule has 2 heterocycles. The average Bonchev–Trinajstić information content (AvgIpc) is 2.64. The highest BCUT2D eigenvalue weighted by Gasteiger charge is 2.30. The Morgan fingerprint density at radius 2 is 1.80 bits per heavy atom. The van der Waals surface area contributed by atoms with E-state index in [0.717, 1.165) is 37.1 Å². The minimum Gasteiger partial charge on any atom is -0.591 e. The molecule has 3 rings (SSSR count). The third kappa shape index (κ3) is 4.59. The Hall–Kier alpha value is -1.79. The minimum absolute atomic E-state index is 0.00854. The first-order valence-electron chi connectivity index (χ1n) is 10.6. The molecule has 1 aromatic carbocycles. The summed E-state index contributed by atoms with van der Waals surface area (Å²) < 4.78 is 23.0. The van der Waals surface area contributed by atoms with Crippen molar-refractivity contribution in [1.82, 2.24) is 0 Å². The summed E-state index contributed by atoms with van der Waals surface area (Å²) in [4.78, 5) is 15.4. The summed E-state index contributed by atoms with van der Waals surface area (Å²) in [5, 5.41) is 0.555. The van der Waals surface area contributed by atoms with Crippen LogP contribution in [0, 0.1) is 19.3 Å². The number of fused-ring (bicyclic) bond motifs is 1. The second kappa shape index (κ2) is 8.04. The second-order valence-corrected chi connectivity index (χ2v) is 12.1. The monoisotopic (exact) mass is 430 g/mol. The predicted molar refractivity (Wildman–Crippen MR) is 127 cm³/mol. The lowest BCUT2D eigenvalue weighted by atomic mass is 9.82. The fraction of sp³-hybridized carbons (Fsp3) is 0.583. The molecule has 30 heavy (non-hydrogen) atoms. The van der Waals surface area contributed by atoms with Gasteiger partial charge in [0, 0.05) is 18.7 Å². The van der Waals surface area contributed by atoms with E-state index in [1.54, 1.807) is 0 Å². The Balaban J connectivity index is 2.16. The van der Waals surface area contributed by atoms with Crippen LogP contribution in [0.2, 0.25) is 0 Å². The molecule has 164 valence electrons. The van der Waals surface area contributed by atoms with Crippen molar-refractivity contribution in [2.75, 3.05) is 18.0 Å². The lowest BCUT2D eigenvalue weighted by Gasteiger charge is -2.37. The fourth-order valence-corrected chi connectivity index (χ4v) is 4.34. The lowest BCUT2D eigenvalue weighted by Crippen LogP contribution is -2.38. The average molecular weight is 431 g/mol. The first-order chi connectivity index (χ1) is 13.8. The third-order valence-electron chi connectivity index (χ3n) is 5.88. The number of rotatable bonds is 3. The molecule has 1 fully saturated rings. The number of benzene rings is 1. The van der Waals surface area contributed by atoms with Gasteiger partial charge in [0.05, 0.1) is 16.7 Å². The normalized spacial score (nSPS) is 18.7. The molecule has 0 saturated carbocycles. The van der Waals surface area contributed by atoms with Crippen LogP contribution < -0.4 is 10.3 Å². The van der Waals surface area contributed by atoms with E-state index in [-0.39, 0.29) is 5.43 Å². The van der Waals surface area contributed by atoms with Gasteiger partial charge >= 0.3 is 0 Å². The van der Waals surface area contributed by atoms with Crippen molar-refractivity contribution in [3.8, 4) is 0 Å². The zero-order chi connectivity index (χ0) is 22.4. The van der Waals surface area contributed by atoms with Crippen LogP contribution in [0.4, 0.5) is 5.88 Å². The van der Waals surface area contributed by atoms with E-state index in [9.17, 15) is 9.35 Å². The first kappa shape index (κ1) is 22.9. The SMILES string of the molecule is C/C(=N/[S@@+]([O-])C(C)(C)C)c1cc(C)cc2c(=O)c(C)c(N3CCC(C)(C)CC3)oc12. The van der Waals surface area contributed by atoms with E-state index in [4.69, 9.17) is 4.42 Å².